The largest absolute Gasteiger partial charge is 0.349 e. The molecular formula is C24H25ClN4O2. The van der Waals surface area contributed by atoms with Crippen molar-refractivity contribution in [1.29, 1.82) is 0 Å². The number of carbonyl (C=O) groups is 2. The molecule has 1 fully saturated rings. The zero-order valence-corrected chi connectivity index (χ0v) is 18.4. The van der Waals surface area contributed by atoms with E-state index < -0.39 is 0 Å². The minimum Gasteiger partial charge on any atom is -0.349 e. The Labute approximate surface area is 186 Å². The maximum Gasteiger partial charge on any atom is 0.255 e. The molecule has 1 aliphatic rings. The summed E-state index contributed by atoms with van der Waals surface area (Å²) < 4.78 is 1.76. The van der Waals surface area contributed by atoms with Crippen LogP contribution in [-0.2, 0) is 0 Å². The number of halogens is 1. The van der Waals surface area contributed by atoms with Crippen molar-refractivity contribution in [2.24, 2.45) is 0 Å². The van der Waals surface area contributed by atoms with Crippen LogP contribution in [0.15, 0.2) is 48.5 Å². The topological polar surface area (TPSA) is 76.0 Å². The van der Waals surface area contributed by atoms with E-state index in [4.69, 9.17) is 11.6 Å². The Morgan fingerprint density at radius 1 is 0.935 bits per heavy atom. The molecule has 1 aliphatic carbocycles. The zero-order valence-electron chi connectivity index (χ0n) is 17.6. The van der Waals surface area contributed by atoms with Gasteiger partial charge in [0.1, 0.15) is 0 Å². The molecule has 2 amide bonds. The third-order valence-electron chi connectivity index (χ3n) is 5.67. The summed E-state index contributed by atoms with van der Waals surface area (Å²) in [4.78, 5) is 24.9. The standard InChI is InChI=1S/C24H25ClN4O2/c1-15-22(25)16(2)29(28-15)21-13-9-18(10-14-21)24(31)27-20-11-7-17(8-12-20)23(30)26-19-5-3-4-6-19/h7-14,19H,3-6H2,1-2H3,(H,26,30)(H,27,31). The van der Waals surface area contributed by atoms with Gasteiger partial charge in [-0.05, 0) is 75.2 Å². The van der Waals surface area contributed by atoms with E-state index in [9.17, 15) is 9.59 Å². The first-order chi connectivity index (χ1) is 14.9. The fraction of sp³-hybridized carbons (Fsp3) is 0.292. The Hall–Kier alpha value is -3.12. The van der Waals surface area contributed by atoms with Gasteiger partial charge in [-0.25, -0.2) is 4.68 Å². The summed E-state index contributed by atoms with van der Waals surface area (Å²) in [7, 11) is 0. The van der Waals surface area contributed by atoms with Crippen LogP contribution in [0.5, 0.6) is 0 Å². The fourth-order valence-corrected chi connectivity index (χ4v) is 3.99. The highest BCUT2D eigenvalue weighted by molar-refractivity contribution is 6.31. The number of rotatable bonds is 5. The maximum absolute atomic E-state index is 12.6. The number of amides is 2. The minimum absolute atomic E-state index is 0.0652. The third kappa shape index (κ3) is 4.64. The van der Waals surface area contributed by atoms with Gasteiger partial charge < -0.3 is 10.6 Å². The van der Waals surface area contributed by atoms with Gasteiger partial charge >= 0.3 is 0 Å². The van der Waals surface area contributed by atoms with E-state index in [1.54, 1.807) is 41.1 Å². The van der Waals surface area contributed by atoms with Crippen LogP contribution in [0.1, 0.15) is 57.8 Å². The number of nitrogens with zero attached hydrogens (tertiary/aromatic N) is 2. The first kappa shape index (κ1) is 21.1. The third-order valence-corrected chi connectivity index (χ3v) is 6.22. The van der Waals surface area contributed by atoms with Crippen molar-refractivity contribution >= 4 is 29.1 Å². The Kier molecular flexibility index (Phi) is 6.09. The fourth-order valence-electron chi connectivity index (χ4n) is 3.88. The highest BCUT2D eigenvalue weighted by Gasteiger charge is 2.18. The van der Waals surface area contributed by atoms with Crippen molar-refractivity contribution in [1.82, 2.24) is 15.1 Å². The number of anilines is 1. The average molecular weight is 437 g/mol. The highest BCUT2D eigenvalue weighted by Crippen LogP contribution is 2.23. The highest BCUT2D eigenvalue weighted by atomic mass is 35.5. The smallest absolute Gasteiger partial charge is 0.255 e. The van der Waals surface area contributed by atoms with Crippen molar-refractivity contribution in [3.05, 3.63) is 76.1 Å². The number of aryl methyl sites for hydroxylation is 1. The van der Waals surface area contributed by atoms with Gasteiger partial charge in [-0.3, -0.25) is 9.59 Å². The molecule has 6 nitrogen and oxygen atoms in total. The number of hydrogen-bond donors (Lipinski definition) is 2. The number of benzene rings is 2. The lowest BCUT2D eigenvalue weighted by Gasteiger charge is -2.12. The molecule has 0 aliphatic heterocycles. The van der Waals surface area contributed by atoms with Crippen LogP contribution < -0.4 is 10.6 Å². The summed E-state index contributed by atoms with van der Waals surface area (Å²) in [6.45, 7) is 3.76. The molecule has 1 heterocycles. The van der Waals surface area contributed by atoms with E-state index in [0.717, 1.165) is 29.9 Å². The minimum atomic E-state index is -0.221. The Balaban J connectivity index is 1.39. The predicted molar refractivity (Wildman–Crippen MR) is 122 cm³/mol. The zero-order chi connectivity index (χ0) is 22.0. The van der Waals surface area contributed by atoms with Crippen molar-refractivity contribution < 1.29 is 9.59 Å². The average Bonchev–Trinajstić information content (AvgIpc) is 3.38. The molecule has 4 rings (SSSR count). The lowest BCUT2D eigenvalue weighted by molar-refractivity contribution is 0.0937. The normalized spacial score (nSPS) is 13.9. The van der Waals surface area contributed by atoms with E-state index in [2.05, 4.69) is 15.7 Å². The Morgan fingerprint density at radius 2 is 1.52 bits per heavy atom. The molecular weight excluding hydrogens is 412 g/mol. The molecule has 0 atom stereocenters. The lowest BCUT2D eigenvalue weighted by atomic mass is 10.1. The Bertz CT molecular complexity index is 1100. The summed E-state index contributed by atoms with van der Waals surface area (Å²) in [5.41, 5.74) is 4.21. The van der Waals surface area contributed by atoms with Crippen molar-refractivity contribution in [3.8, 4) is 5.69 Å². The predicted octanol–water partition coefficient (Wildman–Crippen LogP) is 5.07. The SMILES string of the molecule is Cc1nn(-c2ccc(C(=O)Nc3ccc(C(=O)NC4CCCC4)cc3)cc2)c(C)c1Cl. The van der Waals surface area contributed by atoms with Gasteiger partial charge in [0.05, 0.1) is 22.1 Å². The van der Waals surface area contributed by atoms with Crippen molar-refractivity contribution in [2.45, 2.75) is 45.6 Å². The molecule has 7 heteroatoms. The summed E-state index contributed by atoms with van der Waals surface area (Å²) in [6.07, 6.45) is 4.44. The summed E-state index contributed by atoms with van der Waals surface area (Å²) in [5.74, 6) is -0.286. The Morgan fingerprint density at radius 3 is 2.10 bits per heavy atom. The molecule has 2 aromatic carbocycles. The second-order valence-corrected chi connectivity index (χ2v) is 8.31. The molecule has 1 aromatic heterocycles. The van der Waals surface area contributed by atoms with Crippen LogP contribution in [0.25, 0.3) is 5.69 Å². The van der Waals surface area contributed by atoms with Crippen LogP contribution in [0, 0.1) is 13.8 Å². The van der Waals surface area contributed by atoms with Gasteiger partial charge in [-0.2, -0.15) is 5.10 Å². The quantitative estimate of drug-likeness (QED) is 0.586. The number of aromatic nitrogens is 2. The van der Waals surface area contributed by atoms with Crippen LogP contribution in [0.4, 0.5) is 5.69 Å². The van der Waals surface area contributed by atoms with E-state index in [1.807, 2.05) is 26.0 Å². The van der Waals surface area contributed by atoms with Crippen LogP contribution in [0.3, 0.4) is 0 Å². The van der Waals surface area contributed by atoms with Gasteiger partial charge in [-0.15, -0.1) is 0 Å². The van der Waals surface area contributed by atoms with Crippen LogP contribution in [0.2, 0.25) is 5.02 Å². The van der Waals surface area contributed by atoms with Gasteiger partial charge in [0.25, 0.3) is 11.8 Å². The second kappa shape index (κ2) is 8.94. The lowest BCUT2D eigenvalue weighted by Crippen LogP contribution is -2.32. The second-order valence-electron chi connectivity index (χ2n) is 7.93. The molecule has 0 saturated heterocycles. The van der Waals surface area contributed by atoms with Crippen molar-refractivity contribution in [2.75, 3.05) is 5.32 Å². The van der Waals surface area contributed by atoms with Crippen molar-refractivity contribution in [3.63, 3.8) is 0 Å². The van der Waals surface area contributed by atoms with Crippen LogP contribution >= 0.6 is 11.6 Å². The molecule has 2 N–H and O–H groups in total. The molecule has 0 radical (unpaired) electrons. The van der Waals surface area contributed by atoms with E-state index in [1.165, 1.54) is 12.8 Å². The first-order valence-electron chi connectivity index (χ1n) is 10.5. The molecule has 0 unspecified atom stereocenters. The molecule has 160 valence electrons. The number of nitrogens with one attached hydrogen (secondary N) is 2. The monoisotopic (exact) mass is 436 g/mol. The van der Waals surface area contributed by atoms with E-state index in [-0.39, 0.29) is 17.9 Å². The van der Waals surface area contributed by atoms with Gasteiger partial charge in [0.2, 0.25) is 0 Å². The molecule has 1 saturated carbocycles. The summed E-state index contributed by atoms with van der Waals surface area (Å²) >= 11 is 6.22. The van der Waals surface area contributed by atoms with Gasteiger partial charge in [0.15, 0.2) is 0 Å². The van der Waals surface area contributed by atoms with Crippen LogP contribution in [-0.4, -0.2) is 27.6 Å². The molecule has 3 aromatic rings. The summed E-state index contributed by atoms with van der Waals surface area (Å²) in [6, 6.07) is 14.4. The van der Waals surface area contributed by atoms with Gasteiger partial charge in [-0.1, -0.05) is 24.4 Å². The van der Waals surface area contributed by atoms with E-state index in [0.29, 0.717) is 21.8 Å². The van der Waals surface area contributed by atoms with Gasteiger partial charge in [0, 0.05) is 22.9 Å². The molecule has 31 heavy (non-hydrogen) atoms. The molecule has 0 bridgehead atoms. The molecule has 0 spiro atoms. The summed E-state index contributed by atoms with van der Waals surface area (Å²) in [5, 5.41) is 11.0. The first-order valence-corrected chi connectivity index (χ1v) is 10.8. The number of hydrogen-bond acceptors (Lipinski definition) is 3. The maximum atomic E-state index is 12.6. The van der Waals surface area contributed by atoms with E-state index >= 15 is 0 Å². The number of carbonyl (C=O) groups excluding carboxylic acids is 2.